The summed E-state index contributed by atoms with van der Waals surface area (Å²) in [6.45, 7) is 4.78. The maximum Gasteiger partial charge on any atom is 0.163 e. The van der Waals surface area contributed by atoms with Crippen LogP contribution < -0.4 is 5.32 Å². The van der Waals surface area contributed by atoms with Gasteiger partial charge in [0.25, 0.3) is 0 Å². The van der Waals surface area contributed by atoms with Gasteiger partial charge in [-0.2, -0.15) is 0 Å². The molecule has 0 saturated heterocycles. The molecule has 1 aliphatic carbocycles. The summed E-state index contributed by atoms with van der Waals surface area (Å²) in [5.41, 5.74) is 0.390. The highest BCUT2D eigenvalue weighted by Crippen LogP contribution is 2.27. The Labute approximate surface area is 113 Å². The molecule has 4 heteroatoms. The van der Waals surface area contributed by atoms with Gasteiger partial charge in [0.15, 0.2) is 11.6 Å². The van der Waals surface area contributed by atoms with E-state index in [1.54, 1.807) is 12.1 Å². The molecule has 1 aliphatic rings. The lowest BCUT2D eigenvalue weighted by atomic mass is 10.1. The Morgan fingerprint density at radius 3 is 2.63 bits per heavy atom. The van der Waals surface area contributed by atoms with Crippen LogP contribution in [0.5, 0.6) is 0 Å². The lowest BCUT2D eigenvalue weighted by Gasteiger charge is -2.26. The average Bonchev–Trinajstić information content (AvgIpc) is 3.22. The smallest absolute Gasteiger partial charge is 0.163 e. The molecule has 106 valence electrons. The number of likely N-dealkylation sites (N-methyl/N-ethyl adjacent to an activating group) is 1. The molecule has 0 heterocycles. The minimum absolute atomic E-state index is 0.189. The molecule has 2 unspecified atom stereocenters. The number of halogens is 2. The van der Waals surface area contributed by atoms with Crippen LogP contribution in [0.2, 0.25) is 0 Å². The second kappa shape index (κ2) is 5.97. The maximum atomic E-state index is 13.6. The van der Waals surface area contributed by atoms with Gasteiger partial charge in [-0.1, -0.05) is 12.1 Å². The van der Waals surface area contributed by atoms with Crippen molar-refractivity contribution in [2.75, 3.05) is 13.6 Å². The largest absolute Gasteiger partial charge is 0.309 e. The van der Waals surface area contributed by atoms with E-state index in [2.05, 4.69) is 24.2 Å². The fourth-order valence-corrected chi connectivity index (χ4v) is 2.30. The summed E-state index contributed by atoms with van der Waals surface area (Å²) in [6.07, 6.45) is 2.55. The monoisotopic (exact) mass is 268 g/mol. The Morgan fingerprint density at radius 2 is 2.00 bits per heavy atom. The summed E-state index contributed by atoms with van der Waals surface area (Å²) < 4.78 is 26.8. The summed E-state index contributed by atoms with van der Waals surface area (Å²) in [7, 11) is 2.12. The van der Waals surface area contributed by atoms with Crippen LogP contribution in [0.4, 0.5) is 8.78 Å². The van der Waals surface area contributed by atoms with Gasteiger partial charge in [-0.25, -0.2) is 8.78 Å². The Balaban J connectivity index is 1.89. The van der Waals surface area contributed by atoms with Gasteiger partial charge in [0.05, 0.1) is 0 Å². The molecule has 0 aliphatic heterocycles. The van der Waals surface area contributed by atoms with E-state index in [4.69, 9.17) is 0 Å². The SMILES string of the molecule is CC(NCC(C)N(C)C1CC1)c1cccc(F)c1F. The zero-order valence-corrected chi connectivity index (χ0v) is 11.8. The van der Waals surface area contributed by atoms with Crippen molar-refractivity contribution in [2.24, 2.45) is 0 Å². The lowest BCUT2D eigenvalue weighted by Crippen LogP contribution is -2.40. The van der Waals surface area contributed by atoms with Gasteiger partial charge in [-0.3, -0.25) is 4.90 Å². The number of hydrogen-bond donors (Lipinski definition) is 1. The van der Waals surface area contributed by atoms with E-state index in [-0.39, 0.29) is 6.04 Å². The van der Waals surface area contributed by atoms with Crippen LogP contribution >= 0.6 is 0 Å². The van der Waals surface area contributed by atoms with Gasteiger partial charge < -0.3 is 5.32 Å². The van der Waals surface area contributed by atoms with E-state index >= 15 is 0 Å². The summed E-state index contributed by atoms with van der Waals surface area (Å²) in [6, 6.07) is 5.24. The first-order chi connectivity index (χ1) is 9.00. The standard InChI is InChI=1S/C15H22F2N2/c1-10(19(3)12-7-8-12)9-18-11(2)13-5-4-6-14(16)15(13)17/h4-6,10-12,18H,7-9H2,1-3H3. The van der Waals surface area contributed by atoms with Gasteiger partial charge in [0.2, 0.25) is 0 Å². The predicted octanol–water partition coefficient (Wildman–Crippen LogP) is 3.10. The van der Waals surface area contributed by atoms with E-state index in [9.17, 15) is 8.78 Å². The lowest BCUT2D eigenvalue weighted by molar-refractivity contribution is 0.236. The molecule has 0 bridgehead atoms. The first kappa shape index (κ1) is 14.4. The first-order valence-corrected chi connectivity index (χ1v) is 6.90. The molecule has 1 aromatic rings. The molecule has 1 N–H and O–H groups in total. The molecule has 1 saturated carbocycles. The highest BCUT2D eigenvalue weighted by Gasteiger charge is 2.29. The molecule has 2 rings (SSSR count). The fourth-order valence-electron chi connectivity index (χ4n) is 2.30. The Morgan fingerprint density at radius 1 is 1.32 bits per heavy atom. The molecule has 0 spiro atoms. The van der Waals surface area contributed by atoms with E-state index in [1.807, 2.05) is 6.92 Å². The highest BCUT2D eigenvalue weighted by atomic mass is 19.2. The van der Waals surface area contributed by atoms with Gasteiger partial charge in [-0.05, 0) is 39.8 Å². The quantitative estimate of drug-likeness (QED) is 0.853. The molecule has 1 aromatic carbocycles. The number of hydrogen-bond acceptors (Lipinski definition) is 2. The van der Waals surface area contributed by atoms with Gasteiger partial charge in [-0.15, -0.1) is 0 Å². The third kappa shape index (κ3) is 3.51. The van der Waals surface area contributed by atoms with E-state index in [0.29, 0.717) is 17.6 Å². The van der Waals surface area contributed by atoms with Crippen molar-refractivity contribution in [3.63, 3.8) is 0 Å². The summed E-state index contributed by atoms with van der Waals surface area (Å²) in [4.78, 5) is 2.35. The summed E-state index contributed by atoms with van der Waals surface area (Å²) in [5.74, 6) is -1.53. The number of nitrogens with zero attached hydrogens (tertiary/aromatic N) is 1. The van der Waals surface area contributed by atoms with Crippen molar-refractivity contribution in [1.82, 2.24) is 10.2 Å². The maximum absolute atomic E-state index is 13.6. The molecule has 0 radical (unpaired) electrons. The second-order valence-corrected chi connectivity index (χ2v) is 5.52. The van der Waals surface area contributed by atoms with E-state index < -0.39 is 11.6 Å². The zero-order chi connectivity index (χ0) is 14.0. The van der Waals surface area contributed by atoms with E-state index in [1.165, 1.54) is 12.8 Å². The highest BCUT2D eigenvalue weighted by molar-refractivity contribution is 5.22. The van der Waals surface area contributed by atoms with E-state index in [0.717, 1.165) is 12.6 Å². The van der Waals surface area contributed by atoms with Crippen LogP contribution in [0, 0.1) is 11.6 Å². The van der Waals surface area contributed by atoms with Crippen molar-refractivity contribution >= 4 is 0 Å². The van der Waals surface area contributed by atoms with Crippen molar-refractivity contribution in [1.29, 1.82) is 0 Å². The molecule has 2 nitrogen and oxygen atoms in total. The number of rotatable bonds is 6. The van der Waals surface area contributed by atoms with Crippen LogP contribution in [0.3, 0.4) is 0 Å². The van der Waals surface area contributed by atoms with Crippen molar-refractivity contribution < 1.29 is 8.78 Å². The zero-order valence-electron chi connectivity index (χ0n) is 11.8. The molecule has 1 fully saturated rings. The third-order valence-electron chi connectivity index (χ3n) is 3.99. The van der Waals surface area contributed by atoms with Crippen LogP contribution in [0.25, 0.3) is 0 Å². The second-order valence-electron chi connectivity index (χ2n) is 5.52. The molecular weight excluding hydrogens is 246 g/mol. The van der Waals surface area contributed by atoms with Crippen molar-refractivity contribution in [3.05, 3.63) is 35.4 Å². The van der Waals surface area contributed by atoms with Crippen LogP contribution in [-0.2, 0) is 0 Å². The summed E-state index contributed by atoms with van der Waals surface area (Å²) >= 11 is 0. The molecule has 0 aromatic heterocycles. The Hall–Kier alpha value is -1.00. The van der Waals surface area contributed by atoms with Gasteiger partial charge in [0, 0.05) is 30.2 Å². The van der Waals surface area contributed by atoms with Crippen LogP contribution in [-0.4, -0.2) is 30.6 Å². The summed E-state index contributed by atoms with van der Waals surface area (Å²) in [5, 5.41) is 3.28. The van der Waals surface area contributed by atoms with Crippen LogP contribution in [0.1, 0.15) is 38.3 Å². The normalized spacial score (nSPS) is 18.6. The van der Waals surface area contributed by atoms with Gasteiger partial charge in [0.1, 0.15) is 0 Å². The Kier molecular flexibility index (Phi) is 4.53. The minimum atomic E-state index is -0.783. The number of nitrogens with one attached hydrogen (secondary N) is 1. The molecule has 2 atom stereocenters. The number of benzene rings is 1. The third-order valence-corrected chi connectivity index (χ3v) is 3.99. The van der Waals surface area contributed by atoms with Gasteiger partial charge >= 0.3 is 0 Å². The fraction of sp³-hybridized carbons (Fsp3) is 0.600. The molecule has 0 amide bonds. The van der Waals surface area contributed by atoms with Crippen molar-refractivity contribution in [3.8, 4) is 0 Å². The molecule has 19 heavy (non-hydrogen) atoms. The first-order valence-electron chi connectivity index (χ1n) is 6.90. The predicted molar refractivity (Wildman–Crippen MR) is 73.0 cm³/mol. The van der Waals surface area contributed by atoms with Crippen molar-refractivity contribution in [2.45, 2.75) is 44.8 Å². The minimum Gasteiger partial charge on any atom is -0.309 e. The topological polar surface area (TPSA) is 15.3 Å². The molecular formula is C15H22F2N2. The Bertz CT molecular complexity index is 432. The average molecular weight is 268 g/mol. The van der Waals surface area contributed by atoms with Crippen LogP contribution in [0.15, 0.2) is 18.2 Å².